The van der Waals surface area contributed by atoms with Crippen LogP contribution in [-0.4, -0.2) is 52.3 Å². The number of nitrogens with one attached hydrogen (secondary N) is 1. The van der Waals surface area contributed by atoms with Crippen LogP contribution in [-0.2, 0) is 10.8 Å². The smallest absolute Gasteiger partial charge is 0.193 e. The zero-order chi connectivity index (χ0) is 14.5. The minimum absolute atomic E-state index is 0.133. The second-order valence-corrected chi connectivity index (χ2v) is 8.63. The van der Waals surface area contributed by atoms with Crippen molar-refractivity contribution in [3.05, 3.63) is 0 Å². The van der Waals surface area contributed by atoms with Gasteiger partial charge in [0, 0.05) is 48.0 Å². The first-order valence-electron chi connectivity index (χ1n) is 7.18. The average Bonchev–Trinajstić information content (AvgIpc) is 2.34. The fourth-order valence-electron chi connectivity index (χ4n) is 2.11. The Morgan fingerprint density at radius 3 is 2.42 bits per heavy atom. The molecule has 1 atom stereocenters. The number of hydrogen-bond donors (Lipinski definition) is 1. The third-order valence-corrected chi connectivity index (χ3v) is 5.49. The highest BCUT2D eigenvalue weighted by atomic mass is 32.2. The van der Waals surface area contributed by atoms with Gasteiger partial charge in [0.05, 0.1) is 0 Å². The van der Waals surface area contributed by atoms with Crippen molar-refractivity contribution in [3.8, 4) is 0 Å². The molecule has 0 aromatic heterocycles. The topological polar surface area (TPSA) is 44.7 Å². The van der Waals surface area contributed by atoms with Gasteiger partial charge in [-0.1, -0.05) is 6.92 Å². The van der Waals surface area contributed by atoms with E-state index in [1.54, 1.807) is 0 Å². The summed E-state index contributed by atoms with van der Waals surface area (Å²) in [6, 6.07) is 0. The molecule has 1 heterocycles. The normalized spacial score (nSPS) is 20.5. The number of piperidine rings is 1. The minimum Gasteiger partial charge on any atom is -0.355 e. The number of nitrogens with zero attached hydrogens (tertiary/aromatic N) is 2. The molecule has 0 amide bonds. The summed E-state index contributed by atoms with van der Waals surface area (Å²) in [7, 11) is 1.02. The van der Waals surface area contributed by atoms with Crippen LogP contribution in [0.15, 0.2) is 4.99 Å². The lowest BCUT2D eigenvalue weighted by Crippen LogP contribution is -2.46. The summed E-state index contributed by atoms with van der Waals surface area (Å²) in [5.74, 6) is 2.45. The molecule has 0 aliphatic carbocycles. The summed E-state index contributed by atoms with van der Waals surface area (Å²) in [5.41, 5.74) is 0. The van der Waals surface area contributed by atoms with Crippen LogP contribution in [0.1, 0.15) is 40.5 Å². The zero-order valence-electron chi connectivity index (χ0n) is 13.0. The van der Waals surface area contributed by atoms with Gasteiger partial charge in [-0.3, -0.25) is 9.20 Å². The lowest BCUT2D eigenvalue weighted by Gasteiger charge is -2.33. The lowest BCUT2D eigenvalue weighted by molar-refractivity contribution is 0.274. The molecule has 0 bridgehead atoms. The fourth-order valence-corrected chi connectivity index (χ4v) is 3.01. The van der Waals surface area contributed by atoms with E-state index in [0.29, 0.717) is 5.75 Å². The van der Waals surface area contributed by atoms with Crippen LogP contribution < -0.4 is 5.32 Å². The van der Waals surface area contributed by atoms with Gasteiger partial charge in [-0.2, -0.15) is 0 Å². The van der Waals surface area contributed by atoms with Gasteiger partial charge in [0.1, 0.15) is 0 Å². The van der Waals surface area contributed by atoms with Gasteiger partial charge in [0.15, 0.2) is 5.96 Å². The molecule has 0 aromatic carbocycles. The standard InChI is InChI=1S/C14H29N3OS/c1-12-6-9-17(10-7-12)13(15-5)16-8-11-19(18)14(2,3)4/h12H,6-11H2,1-5H3,(H,15,16). The van der Waals surface area contributed by atoms with Gasteiger partial charge < -0.3 is 10.2 Å². The highest BCUT2D eigenvalue weighted by Gasteiger charge is 2.20. The Morgan fingerprint density at radius 1 is 1.37 bits per heavy atom. The molecular weight excluding hydrogens is 258 g/mol. The maximum absolute atomic E-state index is 12.0. The van der Waals surface area contributed by atoms with E-state index in [4.69, 9.17) is 0 Å². The van der Waals surface area contributed by atoms with E-state index >= 15 is 0 Å². The molecule has 1 aliphatic rings. The molecule has 0 saturated carbocycles. The number of guanidine groups is 1. The quantitative estimate of drug-likeness (QED) is 0.636. The molecule has 1 rings (SSSR count). The Balaban J connectivity index is 2.36. The van der Waals surface area contributed by atoms with Gasteiger partial charge in [-0.15, -0.1) is 0 Å². The third kappa shape index (κ3) is 5.51. The molecule has 0 spiro atoms. The van der Waals surface area contributed by atoms with E-state index in [1.165, 1.54) is 12.8 Å². The molecule has 1 unspecified atom stereocenters. The lowest BCUT2D eigenvalue weighted by atomic mass is 10.00. The largest absolute Gasteiger partial charge is 0.355 e. The van der Waals surface area contributed by atoms with E-state index in [9.17, 15) is 4.21 Å². The average molecular weight is 287 g/mol. The Kier molecular flexibility index (Phi) is 6.30. The van der Waals surface area contributed by atoms with Gasteiger partial charge in [0.25, 0.3) is 0 Å². The molecule has 1 saturated heterocycles. The number of likely N-dealkylation sites (tertiary alicyclic amines) is 1. The molecule has 1 fully saturated rings. The predicted molar refractivity (Wildman–Crippen MR) is 84.1 cm³/mol. The molecule has 1 aliphatic heterocycles. The number of rotatable bonds is 3. The Labute approximate surface area is 120 Å². The van der Waals surface area contributed by atoms with Crippen LogP contribution in [0.2, 0.25) is 0 Å². The molecule has 0 aromatic rings. The first-order valence-corrected chi connectivity index (χ1v) is 8.50. The second kappa shape index (κ2) is 7.27. The summed E-state index contributed by atoms with van der Waals surface area (Å²) in [6.45, 7) is 11.2. The highest BCUT2D eigenvalue weighted by Crippen LogP contribution is 2.16. The monoisotopic (exact) mass is 287 g/mol. The molecule has 19 heavy (non-hydrogen) atoms. The summed E-state index contributed by atoms with van der Waals surface area (Å²) in [5, 5.41) is 3.34. The van der Waals surface area contributed by atoms with Crippen molar-refractivity contribution in [2.45, 2.75) is 45.3 Å². The van der Waals surface area contributed by atoms with Crippen LogP contribution in [0.3, 0.4) is 0 Å². The minimum atomic E-state index is -0.802. The predicted octanol–water partition coefficient (Wildman–Crippen LogP) is 1.84. The Bertz CT molecular complexity index is 328. The second-order valence-electron chi connectivity index (χ2n) is 6.31. The third-order valence-electron chi connectivity index (χ3n) is 3.55. The van der Waals surface area contributed by atoms with Crippen LogP contribution in [0.5, 0.6) is 0 Å². The van der Waals surface area contributed by atoms with Crippen LogP contribution in [0.25, 0.3) is 0 Å². The first kappa shape index (κ1) is 16.5. The number of aliphatic imine (C=N–C) groups is 1. The molecule has 5 heteroatoms. The van der Waals surface area contributed by atoms with Gasteiger partial charge in [-0.05, 0) is 39.5 Å². The molecular formula is C14H29N3OS. The first-order chi connectivity index (χ1) is 8.84. The van der Waals surface area contributed by atoms with Gasteiger partial charge >= 0.3 is 0 Å². The van der Waals surface area contributed by atoms with Crippen molar-refractivity contribution in [1.82, 2.24) is 10.2 Å². The van der Waals surface area contributed by atoms with Crippen molar-refractivity contribution in [2.24, 2.45) is 10.9 Å². The summed E-state index contributed by atoms with van der Waals surface area (Å²) >= 11 is 0. The van der Waals surface area contributed by atoms with E-state index in [2.05, 4.69) is 22.1 Å². The summed E-state index contributed by atoms with van der Waals surface area (Å²) < 4.78 is 11.8. The Hall–Kier alpha value is -0.580. The van der Waals surface area contributed by atoms with Crippen molar-refractivity contribution in [3.63, 3.8) is 0 Å². The Morgan fingerprint density at radius 2 is 1.95 bits per heavy atom. The number of hydrogen-bond acceptors (Lipinski definition) is 2. The van der Waals surface area contributed by atoms with E-state index in [-0.39, 0.29) is 4.75 Å². The summed E-state index contributed by atoms with van der Waals surface area (Å²) in [6.07, 6.45) is 2.46. The van der Waals surface area contributed by atoms with Crippen molar-refractivity contribution >= 4 is 16.8 Å². The maximum atomic E-state index is 12.0. The SMILES string of the molecule is CN=C(NCCS(=O)C(C)(C)C)N1CCC(C)CC1. The van der Waals surface area contributed by atoms with E-state index < -0.39 is 10.8 Å². The zero-order valence-corrected chi connectivity index (χ0v) is 13.8. The van der Waals surface area contributed by atoms with Crippen LogP contribution in [0, 0.1) is 5.92 Å². The van der Waals surface area contributed by atoms with Crippen LogP contribution in [0.4, 0.5) is 0 Å². The molecule has 4 nitrogen and oxygen atoms in total. The molecule has 1 N–H and O–H groups in total. The molecule has 0 radical (unpaired) electrons. The van der Waals surface area contributed by atoms with Crippen molar-refractivity contribution < 1.29 is 4.21 Å². The van der Waals surface area contributed by atoms with Crippen molar-refractivity contribution in [2.75, 3.05) is 32.4 Å². The molecule has 112 valence electrons. The van der Waals surface area contributed by atoms with Crippen molar-refractivity contribution in [1.29, 1.82) is 0 Å². The highest BCUT2D eigenvalue weighted by molar-refractivity contribution is 7.86. The van der Waals surface area contributed by atoms with Gasteiger partial charge in [-0.25, -0.2) is 0 Å². The van der Waals surface area contributed by atoms with E-state index in [1.807, 2.05) is 27.8 Å². The summed E-state index contributed by atoms with van der Waals surface area (Å²) in [4.78, 5) is 6.63. The fraction of sp³-hybridized carbons (Fsp3) is 0.929. The van der Waals surface area contributed by atoms with Gasteiger partial charge in [0.2, 0.25) is 0 Å². The van der Waals surface area contributed by atoms with Crippen LogP contribution >= 0.6 is 0 Å². The maximum Gasteiger partial charge on any atom is 0.193 e. The van der Waals surface area contributed by atoms with E-state index in [0.717, 1.165) is 31.5 Å².